The fourth-order valence-electron chi connectivity index (χ4n) is 3.61. The van der Waals surface area contributed by atoms with E-state index in [2.05, 4.69) is 17.4 Å². The Bertz CT molecular complexity index is 897. The normalized spacial score (nSPS) is 11.4. The Morgan fingerprint density at radius 1 is 0.909 bits per heavy atom. The van der Waals surface area contributed by atoms with Gasteiger partial charge in [0.05, 0.1) is 37.0 Å². The maximum absolute atomic E-state index is 11.3. The van der Waals surface area contributed by atoms with E-state index in [1.807, 2.05) is 48.5 Å². The van der Waals surface area contributed by atoms with Crippen molar-refractivity contribution in [3.8, 4) is 22.9 Å². The van der Waals surface area contributed by atoms with Gasteiger partial charge in [-0.3, -0.25) is 0 Å². The fourth-order valence-corrected chi connectivity index (χ4v) is 3.61. The van der Waals surface area contributed by atoms with Gasteiger partial charge >= 0.3 is 5.97 Å². The first-order valence-electron chi connectivity index (χ1n) is 11.7. The topological polar surface area (TPSA) is 79.6 Å². The van der Waals surface area contributed by atoms with Gasteiger partial charge in [-0.25, -0.2) is 4.79 Å². The van der Waals surface area contributed by atoms with E-state index in [4.69, 9.17) is 10.00 Å². The summed E-state index contributed by atoms with van der Waals surface area (Å²) in [5, 5.41) is 18.8. The van der Waals surface area contributed by atoms with Crippen LogP contribution in [0.3, 0.4) is 0 Å². The molecule has 0 heterocycles. The summed E-state index contributed by atoms with van der Waals surface area (Å²) in [5.74, 6) is 0.344. The number of hydrogen-bond acceptors (Lipinski definition) is 5. The Hall–Kier alpha value is -3.10. The molecule has 0 amide bonds. The minimum absolute atomic E-state index is 0.141. The third kappa shape index (κ3) is 9.51. The molecule has 5 nitrogen and oxygen atoms in total. The molecule has 33 heavy (non-hydrogen) atoms. The van der Waals surface area contributed by atoms with E-state index in [-0.39, 0.29) is 5.57 Å². The molecule has 0 aromatic heterocycles. The molecule has 0 saturated carbocycles. The Labute approximate surface area is 197 Å². The van der Waals surface area contributed by atoms with Crippen LogP contribution in [0.2, 0.25) is 0 Å². The Balaban J connectivity index is 1.48. The highest BCUT2D eigenvalue weighted by atomic mass is 16.5. The Kier molecular flexibility index (Phi) is 11.8. The molecule has 2 rings (SSSR count). The SMILES string of the molecule is C=C(C(=O)OC)C(O)CCCCCCCCCCOc1ccc(-c2ccc(C#N)cc2)cc1. The maximum atomic E-state index is 11.3. The number of aliphatic hydroxyl groups is 1. The van der Waals surface area contributed by atoms with Gasteiger partial charge in [0.15, 0.2) is 0 Å². The van der Waals surface area contributed by atoms with Crippen molar-refractivity contribution in [3.05, 3.63) is 66.2 Å². The minimum Gasteiger partial charge on any atom is -0.494 e. The fraction of sp³-hybridized carbons (Fsp3) is 0.429. The summed E-state index contributed by atoms with van der Waals surface area (Å²) >= 11 is 0. The maximum Gasteiger partial charge on any atom is 0.335 e. The number of rotatable bonds is 15. The number of benzene rings is 2. The molecule has 0 fully saturated rings. The van der Waals surface area contributed by atoms with Crippen molar-refractivity contribution in [1.29, 1.82) is 5.26 Å². The molecule has 0 aliphatic rings. The lowest BCUT2D eigenvalue weighted by molar-refractivity contribution is -0.137. The highest BCUT2D eigenvalue weighted by Crippen LogP contribution is 2.23. The van der Waals surface area contributed by atoms with E-state index in [0.29, 0.717) is 12.0 Å². The van der Waals surface area contributed by atoms with E-state index in [0.717, 1.165) is 55.6 Å². The molecule has 2 aromatic carbocycles. The number of nitriles is 1. The number of carbonyl (C=O) groups excluding carboxylic acids is 1. The number of carbonyl (C=O) groups is 1. The molecule has 2 aromatic rings. The highest BCUT2D eigenvalue weighted by Gasteiger charge is 2.16. The van der Waals surface area contributed by atoms with Gasteiger partial charge in [0.25, 0.3) is 0 Å². The van der Waals surface area contributed by atoms with Gasteiger partial charge in [0, 0.05) is 0 Å². The number of ether oxygens (including phenoxy) is 2. The van der Waals surface area contributed by atoms with E-state index >= 15 is 0 Å². The van der Waals surface area contributed by atoms with Gasteiger partial charge in [0.2, 0.25) is 0 Å². The molecular formula is C28H35NO4. The van der Waals surface area contributed by atoms with Crippen molar-refractivity contribution in [3.63, 3.8) is 0 Å². The summed E-state index contributed by atoms with van der Waals surface area (Å²) < 4.78 is 10.4. The van der Waals surface area contributed by atoms with Crippen molar-refractivity contribution >= 4 is 5.97 Å². The molecular weight excluding hydrogens is 414 g/mol. The molecule has 1 atom stereocenters. The number of aliphatic hydroxyl groups excluding tert-OH is 1. The number of methoxy groups -OCH3 is 1. The largest absolute Gasteiger partial charge is 0.494 e. The summed E-state index contributed by atoms with van der Waals surface area (Å²) in [6.07, 6.45) is 8.61. The molecule has 0 saturated heterocycles. The van der Waals surface area contributed by atoms with Crippen LogP contribution in [-0.4, -0.2) is 30.9 Å². The Morgan fingerprint density at radius 2 is 1.42 bits per heavy atom. The van der Waals surface area contributed by atoms with E-state index in [9.17, 15) is 9.90 Å². The third-order valence-corrected chi connectivity index (χ3v) is 5.69. The average Bonchev–Trinajstić information content (AvgIpc) is 2.86. The number of nitrogens with zero attached hydrogens (tertiary/aromatic N) is 1. The van der Waals surface area contributed by atoms with E-state index in [1.54, 1.807) is 0 Å². The predicted molar refractivity (Wildman–Crippen MR) is 131 cm³/mol. The molecule has 1 N–H and O–H groups in total. The third-order valence-electron chi connectivity index (χ3n) is 5.69. The number of hydrogen-bond donors (Lipinski definition) is 1. The summed E-state index contributed by atoms with van der Waals surface area (Å²) in [5.41, 5.74) is 3.00. The second kappa shape index (κ2) is 14.9. The quantitative estimate of drug-likeness (QED) is 0.199. The first-order valence-corrected chi connectivity index (χ1v) is 11.7. The van der Waals surface area contributed by atoms with Crippen molar-refractivity contribution in [2.24, 2.45) is 0 Å². The smallest absolute Gasteiger partial charge is 0.335 e. The summed E-state index contributed by atoms with van der Waals surface area (Å²) in [6, 6.07) is 17.8. The lowest BCUT2D eigenvalue weighted by Gasteiger charge is -2.11. The van der Waals surface area contributed by atoms with Crippen LogP contribution >= 0.6 is 0 Å². The highest BCUT2D eigenvalue weighted by molar-refractivity contribution is 5.88. The zero-order chi connectivity index (χ0) is 23.9. The lowest BCUT2D eigenvalue weighted by Crippen LogP contribution is -2.18. The molecule has 0 radical (unpaired) electrons. The monoisotopic (exact) mass is 449 g/mol. The van der Waals surface area contributed by atoms with Crippen LogP contribution in [0, 0.1) is 11.3 Å². The zero-order valence-electron chi connectivity index (χ0n) is 19.6. The van der Waals surface area contributed by atoms with E-state index < -0.39 is 12.1 Å². The summed E-state index contributed by atoms with van der Waals surface area (Å²) in [7, 11) is 1.30. The molecule has 5 heteroatoms. The molecule has 1 unspecified atom stereocenters. The van der Waals surface area contributed by atoms with E-state index in [1.165, 1.54) is 26.4 Å². The van der Waals surface area contributed by atoms with Crippen molar-refractivity contribution in [1.82, 2.24) is 0 Å². The van der Waals surface area contributed by atoms with Crippen LogP contribution in [0.1, 0.15) is 63.4 Å². The van der Waals surface area contributed by atoms with Crippen LogP contribution in [0.25, 0.3) is 11.1 Å². The van der Waals surface area contributed by atoms with Crippen LogP contribution < -0.4 is 4.74 Å². The van der Waals surface area contributed by atoms with Gasteiger partial charge in [-0.2, -0.15) is 5.26 Å². The lowest BCUT2D eigenvalue weighted by atomic mass is 10.0. The zero-order valence-corrected chi connectivity index (χ0v) is 19.6. The molecule has 176 valence electrons. The second-order valence-electron chi connectivity index (χ2n) is 8.21. The van der Waals surface area contributed by atoms with Crippen molar-refractivity contribution in [2.45, 2.75) is 63.9 Å². The molecule has 0 bridgehead atoms. The van der Waals surface area contributed by atoms with Gasteiger partial charge in [-0.15, -0.1) is 0 Å². The molecule has 0 spiro atoms. The van der Waals surface area contributed by atoms with Gasteiger partial charge in [0.1, 0.15) is 5.75 Å². The van der Waals surface area contributed by atoms with Crippen LogP contribution in [0.4, 0.5) is 0 Å². The van der Waals surface area contributed by atoms with Gasteiger partial charge in [-0.05, 0) is 48.2 Å². The predicted octanol–water partition coefficient (Wildman–Crippen LogP) is 6.21. The minimum atomic E-state index is -0.801. The first kappa shape index (κ1) is 26.2. The Morgan fingerprint density at radius 3 is 1.97 bits per heavy atom. The van der Waals surface area contributed by atoms with Gasteiger partial charge < -0.3 is 14.6 Å². The van der Waals surface area contributed by atoms with Crippen LogP contribution in [0.5, 0.6) is 5.75 Å². The van der Waals surface area contributed by atoms with Crippen LogP contribution in [-0.2, 0) is 9.53 Å². The second-order valence-corrected chi connectivity index (χ2v) is 8.21. The van der Waals surface area contributed by atoms with Crippen molar-refractivity contribution in [2.75, 3.05) is 13.7 Å². The number of esters is 1. The van der Waals surface area contributed by atoms with Crippen LogP contribution in [0.15, 0.2) is 60.7 Å². The molecule has 0 aliphatic carbocycles. The van der Waals surface area contributed by atoms with Gasteiger partial charge in [-0.1, -0.05) is 75.8 Å². The molecule has 0 aliphatic heterocycles. The number of unbranched alkanes of at least 4 members (excludes halogenated alkanes) is 7. The van der Waals surface area contributed by atoms with Crippen molar-refractivity contribution < 1.29 is 19.4 Å². The average molecular weight is 450 g/mol. The first-order chi connectivity index (χ1) is 16.0. The standard InChI is InChI=1S/C28H35NO4/c1-22(28(31)32-2)27(30)11-9-7-5-3-4-6-8-10-20-33-26-18-16-25(17-19-26)24-14-12-23(21-29)13-15-24/h12-19,27,30H,1,3-11,20H2,2H3. The summed E-state index contributed by atoms with van der Waals surface area (Å²) in [4.78, 5) is 11.3. The summed E-state index contributed by atoms with van der Waals surface area (Å²) in [6.45, 7) is 4.31.